The highest BCUT2D eigenvalue weighted by molar-refractivity contribution is 6.32. The van der Waals surface area contributed by atoms with Crippen molar-refractivity contribution >= 4 is 23.5 Å². The minimum absolute atomic E-state index is 0.179. The first-order valence-electron chi connectivity index (χ1n) is 5.92. The van der Waals surface area contributed by atoms with E-state index in [1.54, 1.807) is 12.3 Å². The SMILES string of the molecule is Cc1cc(O)c(C=NNc2ccccc2)c(C)c1Cl. The van der Waals surface area contributed by atoms with Gasteiger partial charge in [-0.3, -0.25) is 5.43 Å². The molecule has 0 aromatic heterocycles. The third-order valence-corrected chi connectivity index (χ3v) is 3.45. The molecule has 98 valence electrons. The van der Waals surface area contributed by atoms with Crippen LogP contribution in [0.4, 0.5) is 5.69 Å². The monoisotopic (exact) mass is 274 g/mol. The van der Waals surface area contributed by atoms with Gasteiger partial charge in [0.2, 0.25) is 0 Å². The number of rotatable bonds is 3. The molecule has 0 aliphatic heterocycles. The Kier molecular flexibility index (Phi) is 4.07. The van der Waals surface area contributed by atoms with E-state index in [0.29, 0.717) is 10.6 Å². The summed E-state index contributed by atoms with van der Waals surface area (Å²) in [5.74, 6) is 0.179. The fourth-order valence-electron chi connectivity index (χ4n) is 1.80. The first-order chi connectivity index (χ1) is 9.09. The van der Waals surface area contributed by atoms with E-state index in [0.717, 1.165) is 16.8 Å². The standard InChI is InChI=1S/C15H15ClN2O/c1-10-8-14(19)13(11(2)15(10)16)9-17-18-12-6-4-3-5-7-12/h3-9,18-19H,1-2H3. The quantitative estimate of drug-likeness (QED) is 0.653. The van der Waals surface area contributed by atoms with E-state index in [-0.39, 0.29) is 5.75 Å². The minimum Gasteiger partial charge on any atom is -0.507 e. The number of anilines is 1. The molecule has 0 saturated carbocycles. The van der Waals surface area contributed by atoms with Gasteiger partial charge in [-0.05, 0) is 43.2 Å². The Labute approximate surface area is 117 Å². The topological polar surface area (TPSA) is 44.6 Å². The van der Waals surface area contributed by atoms with E-state index < -0.39 is 0 Å². The molecule has 0 unspecified atom stereocenters. The van der Waals surface area contributed by atoms with Gasteiger partial charge in [0.05, 0.1) is 11.9 Å². The van der Waals surface area contributed by atoms with Crippen molar-refractivity contribution in [1.29, 1.82) is 0 Å². The van der Waals surface area contributed by atoms with Crippen molar-refractivity contribution in [2.75, 3.05) is 5.43 Å². The van der Waals surface area contributed by atoms with Crippen LogP contribution in [0.15, 0.2) is 41.5 Å². The molecule has 2 aromatic carbocycles. The highest BCUT2D eigenvalue weighted by Crippen LogP contribution is 2.29. The van der Waals surface area contributed by atoms with E-state index in [9.17, 15) is 5.11 Å². The molecular formula is C15H15ClN2O. The van der Waals surface area contributed by atoms with Gasteiger partial charge < -0.3 is 5.11 Å². The van der Waals surface area contributed by atoms with Gasteiger partial charge in [0.25, 0.3) is 0 Å². The lowest BCUT2D eigenvalue weighted by Gasteiger charge is -2.08. The van der Waals surface area contributed by atoms with Crippen molar-refractivity contribution in [2.24, 2.45) is 5.10 Å². The molecule has 0 amide bonds. The number of para-hydroxylation sites is 1. The summed E-state index contributed by atoms with van der Waals surface area (Å²) in [6.45, 7) is 3.72. The van der Waals surface area contributed by atoms with Crippen molar-refractivity contribution in [2.45, 2.75) is 13.8 Å². The normalized spacial score (nSPS) is 10.9. The fourth-order valence-corrected chi connectivity index (χ4v) is 1.96. The van der Waals surface area contributed by atoms with Crippen LogP contribution in [0.2, 0.25) is 5.02 Å². The number of halogens is 1. The summed E-state index contributed by atoms with van der Waals surface area (Å²) >= 11 is 6.16. The maximum atomic E-state index is 9.92. The van der Waals surface area contributed by atoms with Crippen molar-refractivity contribution in [3.05, 3.63) is 58.1 Å². The van der Waals surface area contributed by atoms with Crippen LogP contribution in [0.25, 0.3) is 0 Å². The molecule has 0 saturated heterocycles. The summed E-state index contributed by atoms with van der Waals surface area (Å²) in [5, 5.41) is 14.7. The summed E-state index contributed by atoms with van der Waals surface area (Å²) in [6.07, 6.45) is 1.57. The van der Waals surface area contributed by atoms with E-state index in [1.165, 1.54) is 0 Å². The number of hydrazone groups is 1. The van der Waals surface area contributed by atoms with Gasteiger partial charge in [0.15, 0.2) is 0 Å². The molecule has 2 N–H and O–H groups in total. The maximum Gasteiger partial charge on any atom is 0.125 e. The van der Waals surface area contributed by atoms with Gasteiger partial charge in [-0.1, -0.05) is 29.8 Å². The largest absolute Gasteiger partial charge is 0.507 e. The zero-order valence-electron chi connectivity index (χ0n) is 10.8. The summed E-state index contributed by atoms with van der Waals surface area (Å²) in [7, 11) is 0. The van der Waals surface area contributed by atoms with Crippen molar-refractivity contribution < 1.29 is 5.11 Å². The Morgan fingerprint density at radius 2 is 1.89 bits per heavy atom. The van der Waals surface area contributed by atoms with Gasteiger partial charge in [-0.25, -0.2) is 0 Å². The molecule has 3 nitrogen and oxygen atoms in total. The number of nitrogens with one attached hydrogen (secondary N) is 1. The Bertz CT molecular complexity index is 609. The molecule has 4 heteroatoms. The smallest absolute Gasteiger partial charge is 0.125 e. The van der Waals surface area contributed by atoms with Crippen molar-refractivity contribution in [3.63, 3.8) is 0 Å². The summed E-state index contributed by atoms with van der Waals surface area (Å²) in [5.41, 5.74) is 6.07. The zero-order chi connectivity index (χ0) is 13.8. The number of aromatic hydroxyl groups is 1. The molecule has 0 fully saturated rings. The Balaban J connectivity index is 2.22. The van der Waals surface area contributed by atoms with Crippen LogP contribution in [0.3, 0.4) is 0 Å². The van der Waals surface area contributed by atoms with Crippen LogP contribution in [-0.4, -0.2) is 11.3 Å². The number of phenols is 1. The molecule has 2 rings (SSSR count). The predicted octanol–water partition coefficient (Wildman–Crippen LogP) is 4.11. The fraction of sp³-hybridized carbons (Fsp3) is 0.133. The molecule has 0 bridgehead atoms. The Morgan fingerprint density at radius 1 is 1.21 bits per heavy atom. The average molecular weight is 275 g/mol. The summed E-state index contributed by atoms with van der Waals surface area (Å²) in [6, 6.07) is 11.2. The lowest BCUT2D eigenvalue weighted by Crippen LogP contribution is -1.95. The summed E-state index contributed by atoms with van der Waals surface area (Å²) in [4.78, 5) is 0. The summed E-state index contributed by atoms with van der Waals surface area (Å²) < 4.78 is 0. The molecule has 0 radical (unpaired) electrons. The predicted molar refractivity (Wildman–Crippen MR) is 80.2 cm³/mol. The third kappa shape index (κ3) is 3.06. The second-order valence-corrected chi connectivity index (χ2v) is 4.68. The van der Waals surface area contributed by atoms with Crippen LogP contribution in [0.5, 0.6) is 5.75 Å². The van der Waals surface area contributed by atoms with E-state index >= 15 is 0 Å². The second kappa shape index (κ2) is 5.76. The number of nitrogens with zero attached hydrogens (tertiary/aromatic N) is 1. The molecule has 0 atom stereocenters. The van der Waals surface area contributed by atoms with Gasteiger partial charge in [-0.2, -0.15) is 5.10 Å². The Hall–Kier alpha value is -2.00. The number of aryl methyl sites for hydroxylation is 1. The number of phenolic OH excluding ortho intramolecular Hbond substituents is 1. The first-order valence-corrected chi connectivity index (χ1v) is 6.30. The number of hydrogen-bond donors (Lipinski definition) is 2. The first kappa shape index (κ1) is 13.4. The van der Waals surface area contributed by atoms with Crippen molar-refractivity contribution in [1.82, 2.24) is 0 Å². The zero-order valence-corrected chi connectivity index (χ0v) is 11.6. The number of hydrogen-bond acceptors (Lipinski definition) is 3. The molecule has 2 aromatic rings. The van der Waals surface area contributed by atoms with Crippen LogP contribution in [0, 0.1) is 13.8 Å². The third-order valence-electron chi connectivity index (χ3n) is 2.87. The minimum atomic E-state index is 0.179. The highest BCUT2D eigenvalue weighted by Gasteiger charge is 2.09. The van der Waals surface area contributed by atoms with E-state index in [2.05, 4.69) is 10.5 Å². The maximum absolute atomic E-state index is 9.92. The Morgan fingerprint density at radius 3 is 2.58 bits per heavy atom. The molecule has 0 heterocycles. The average Bonchev–Trinajstić information content (AvgIpc) is 2.41. The van der Waals surface area contributed by atoms with Gasteiger partial charge >= 0.3 is 0 Å². The van der Waals surface area contributed by atoms with E-state index in [4.69, 9.17) is 11.6 Å². The van der Waals surface area contributed by atoms with Gasteiger partial charge in [-0.15, -0.1) is 0 Å². The van der Waals surface area contributed by atoms with Crippen LogP contribution in [0.1, 0.15) is 16.7 Å². The van der Waals surface area contributed by atoms with Crippen molar-refractivity contribution in [3.8, 4) is 5.75 Å². The lowest BCUT2D eigenvalue weighted by atomic mass is 10.1. The van der Waals surface area contributed by atoms with Crippen LogP contribution >= 0.6 is 11.6 Å². The van der Waals surface area contributed by atoms with Gasteiger partial charge in [0, 0.05) is 10.6 Å². The van der Waals surface area contributed by atoms with E-state index in [1.807, 2.05) is 44.2 Å². The molecule has 19 heavy (non-hydrogen) atoms. The molecule has 0 aliphatic carbocycles. The highest BCUT2D eigenvalue weighted by atomic mass is 35.5. The molecule has 0 spiro atoms. The van der Waals surface area contributed by atoms with Crippen LogP contribution < -0.4 is 5.43 Å². The second-order valence-electron chi connectivity index (χ2n) is 4.30. The number of benzene rings is 2. The molecule has 0 aliphatic rings. The lowest BCUT2D eigenvalue weighted by molar-refractivity contribution is 0.473. The van der Waals surface area contributed by atoms with Crippen LogP contribution in [-0.2, 0) is 0 Å². The molecular weight excluding hydrogens is 260 g/mol. The van der Waals surface area contributed by atoms with Gasteiger partial charge in [0.1, 0.15) is 5.75 Å².